The first-order chi connectivity index (χ1) is 9.52. The van der Waals surface area contributed by atoms with Crippen LogP contribution in [0.4, 0.5) is 0 Å². The highest BCUT2D eigenvalue weighted by Crippen LogP contribution is 2.27. The van der Waals surface area contributed by atoms with E-state index >= 15 is 0 Å². The molecule has 1 amide bonds. The van der Waals surface area contributed by atoms with E-state index in [1.165, 1.54) is 0 Å². The van der Waals surface area contributed by atoms with E-state index in [4.69, 9.17) is 33.7 Å². The van der Waals surface area contributed by atoms with Crippen molar-refractivity contribution in [2.75, 3.05) is 13.6 Å². The van der Waals surface area contributed by atoms with Crippen molar-refractivity contribution in [1.82, 2.24) is 4.90 Å². The van der Waals surface area contributed by atoms with Crippen LogP contribution in [0.1, 0.15) is 18.4 Å². The van der Waals surface area contributed by atoms with Gasteiger partial charge in [-0.2, -0.15) is 0 Å². The van der Waals surface area contributed by atoms with Crippen molar-refractivity contribution in [3.05, 3.63) is 33.8 Å². The maximum Gasteiger partial charge on any atom is 0.251 e. The molecule has 0 spiro atoms. The molecule has 4 nitrogen and oxygen atoms in total. The van der Waals surface area contributed by atoms with Crippen molar-refractivity contribution < 1.29 is 9.53 Å². The largest absolute Gasteiger partial charge is 0.364 e. The number of rotatable bonds is 4. The number of amides is 1. The second-order valence-electron chi connectivity index (χ2n) is 4.97. The van der Waals surface area contributed by atoms with Crippen LogP contribution in [0.3, 0.4) is 0 Å². The number of likely N-dealkylation sites (N-methyl/N-ethyl adjacent to an activating group) is 1. The molecular weight excluding hydrogens is 299 g/mol. The lowest BCUT2D eigenvalue weighted by Gasteiger charge is -2.22. The zero-order valence-corrected chi connectivity index (χ0v) is 12.8. The second-order valence-corrected chi connectivity index (χ2v) is 5.75. The zero-order chi connectivity index (χ0) is 14.7. The molecule has 20 heavy (non-hydrogen) atoms. The summed E-state index contributed by atoms with van der Waals surface area (Å²) in [6, 6.07) is 5.40. The maximum absolute atomic E-state index is 12.3. The molecule has 1 aliphatic heterocycles. The van der Waals surface area contributed by atoms with Gasteiger partial charge in [0.25, 0.3) is 5.91 Å². The molecule has 110 valence electrons. The normalized spacial score (nSPS) is 22.0. The first kappa shape index (κ1) is 15.6. The van der Waals surface area contributed by atoms with Gasteiger partial charge in [-0.3, -0.25) is 4.79 Å². The molecule has 1 heterocycles. The summed E-state index contributed by atoms with van der Waals surface area (Å²) in [4.78, 5) is 13.9. The first-order valence-corrected chi connectivity index (χ1v) is 7.32. The lowest BCUT2D eigenvalue weighted by molar-refractivity contribution is -0.141. The molecule has 1 aromatic carbocycles. The monoisotopic (exact) mass is 316 g/mol. The van der Waals surface area contributed by atoms with E-state index in [2.05, 4.69) is 0 Å². The molecule has 0 radical (unpaired) electrons. The van der Waals surface area contributed by atoms with Crippen molar-refractivity contribution in [2.24, 2.45) is 5.73 Å². The van der Waals surface area contributed by atoms with Gasteiger partial charge in [-0.15, -0.1) is 0 Å². The molecule has 1 aliphatic rings. The predicted molar refractivity (Wildman–Crippen MR) is 79.9 cm³/mol. The molecule has 1 saturated heterocycles. The Kier molecular flexibility index (Phi) is 5.27. The van der Waals surface area contributed by atoms with E-state index in [1.54, 1.807) is 18.0 Å². The van der Waals surface area contributed by atoms with Crippen LogP contribution in [-0.2, 0) is 16.1 Å². The van der Waals surface area contributed by atoms with Crippen LogP contribution in [0, 0.1) is 0 Å². The fourth-order valence-corrected chi connectivity index (χ4v) is 2.69. The number of benzene rings is 1. The third kappa shape index (κ3) is 3.44. The van der Waals surface area contributed by atoms with Crippen LogP contribution in [0.5, 0.6) is 0 Å². The van der Waals surface area contributed by atoms with Gasteiger partial charge in [-0.1, -0.05) is 35.3 Å². The summed E-state index contributed by atoms with van der Waals surface area (Å²) in [7, 11) is 1.73. The lowest BCUT2D eigenvalue weighted by Crippen LogP contribution is -2.36. The Morgan fingerprint density at radius 1 is 1.45 bits per heavy atom. The van der Waals surface area contributed by atoms with Crippen molar-refractivity contribution in [3.8, 4) is 0 Å². The molecule has 2 rings (SSSR count). The Labute approximate surface area is 128 Å². The molecule has 1 fully saturated rings. The Bertz CT molecular complexity index is 496. The lowest BCUT2D eigenvalue weighted by atomic mass is 10.1. The summed E-state index contributed by atoms with van der Waals surface area (Å²) < 4.78 is 5.61. The Hall–Kier alpha value is -0.810. The Balaban J connectivity index is 1.99. The van der Waals surface area contributed by atoms with Gasteiger partial charge < -0.3 is 15.4 Å². The van der Waals surface area contributed by atoms with Gasteiger partial charge in [0.1, 0.15) is 6.10 Å². The Morgan fingerprint density at radius 2 is 2.20 bits per heavy atom. The van der Waals surface area contributed by atoms with Crippen LogP contribution in [0.15, 0.2) is 18.2 Å². The van der Waals surface area contributed by atoms with E-state index in [9.17, 15) is 4.79 Å². The maximum atomic E-state index is 12.3. The van der Waals surface area contributed by atoms with Crippen molar-refractivity contribution in [3.63, 3.8) is 0 Å². The van der Waals surface area contributed by atoms with E-state index in [0.717, 1.165) is 12.0 Å². The zero-order valence-electron chi connectivity index (χ0n) is 11.3. The van der Waals surface area contributed by atoms with Gasteiger partial charge in [0, 0.05) is 20.1 Å². The van der Waals surface area contributed by atoms with Gasteiger partial charge >= 0.3 is 0 Å². The topological polar surface area (TPSA) is 55.6 Å². The van der Waals surface area contributed by atoms with Crippen molar-refractivity contribution >= 4 is 29.1 Å². The summed E-state index contributed by atoms with van der Waals surface area (Å²) in [5.74, 6) is -0.0445. The number of carbonyl (C=O) groups excluding carboxylic acids is 1. The highest BCUT2D eigenvalue weighted by Gasteiger charge is 2.31. The fraction of sp³-hybridized carbons (Fsp3) is 0.500. The average Bonchev–Trinajstić information content (AvgIpc) is 2.91. The number of halogens is 2. The third-order valence-electron chi connectivity index (χ3n) is 3.46. The average molecular weight is 317 g/mol. The minimum atomic E-state index is -0.397. The van der Waals surface area contributed by atoms with E-state index in [-0.39, 0.29) is 12.0 Å². The smallest absolute Gasteiger partial charge is 0.251 e. The molecule has 0 bridgehead atoms. The summed E-state index contributed by atoms with van der Waals surface area (Å²) >= 11 is 12.1. The predicted octanol–water partition coefficient (Wildman–Crippen LogP) is 2.46. The quantitative estimate of drug-likeness (QED) is 0.928. The molecule has 2 N–H and O–H groups in total. The van der Waals surface area contributed by atoms with Crippen LogP contribution in [-0.4, -0.2) is 36.6 Å². The summed E-state index contributed by atoms with van der Waals surface area (Å²) in [5.41, 5.74) is 6.37. The number of hydrogen-bond donors (Lipinski definition) is 1. The molecular formula is C14H18Cl2N2O2. The molecule has 6 heteroatoms. The third-order valence-corrected chi connectivity index (χ3v) is 4.32. The van der Waals surface area contributed by atoms with Gasteiger partial charge in [-0.25, -0.2) is 0 Å². The highest BCUT2D eigenvalue weighted by molar-refractivity contribution is 6.42. The highest BCUT2D eigenvalue weighted by atomic mass is 35.5. The molecule has 0 aliphatic carbocycles. The molecule has 0 aromatic heterocycles. The van der Waals surface area contributed by atoms with E-state index in [1.807, 2.05) is 12.1 Å². The minimum absolute atomic E-state index is 0.00731. The van der Waals surface area contributed by atoms with Gasteiger partial charge in [0.15, 0.2) is 0 Å². The summed E-state index contributed by atoms with van der Waals surface area (Å²) in [5, 5.41) is 0.978. The summed E-state index contributed by atoms with van der Waals surface area (Å²) in [6.45, 7) is 0.860. The molecule has 0 saturated carbocycles. The number of ether oxygens (including phenoxy) is 1. The molecule has 0 unspecified atom stereocenters. The van der Waals surface area contributed by atoms with Crippen molar-refractivity contribution in [2.45, 2.75) is 31.6 Å². The van der Waals surface area contributed by atoms with Crippen LogP contribution >= 0.6 is 23.2 Å². The standard InChI is InChI=1S/C14H18Cl2N2O2/c1-18(8-9-3-2-4-11(15)13(9)16)14(19)12-6-5-10(7-17)20-12/h2-4,10,12H,5-8,17H2,1H3/t10-,12+/m1/s1. The molecule has 2 atom stereocenters. The van der Waals surface area contributed by atoms with Gasteiger partial charge in [-0.05, 0) is 24.5 Å². The fourth-order valence-electron chi connectivity index (χ4n) is 2.31. The van der Waals surface area contributed by atoms with Gasteiger partial charge in [0.2, 0.25) is 0 Å². The van der Waals surface area contributed by atoms with Crippen LogP contribution in [0.25, 0.3) is 0 Å². The van der Waals surface area contributed by atoms with Crippen LogP contribution < -0.4 is 5.73 Å². The number of nitrogens with zero attached hydrogens (tertiary/aromatic N) is 1. The second kappa shape index (κ2) is 6.76. The van der Waals surface area contributed by atoms with E-state index < -0.39 is 6.10 Å². The van der Waals surface area contributed by atoms with E-state index in [0.29, 0.717) is 29.6 Å². The number of carbonyl (C=O) groups is 1. The van der Waals surface area contributed by atoms with Crippen LogP contribution in [0.2, 0.25) is 10.0 Å². The first-order valence-electron chi connectivity index (χ1n) is 6.56. The number of nitrogens with two attached hydrogens (primary N) is 1. The summed E-state index contributed by atoms with van der Waals surface area (Å²) in [6.07, 6.45) is 1.14. The SMILES string of the molecule is CN(Cc1cccc(Cl)c1Cl)C(=O)[C@@H]1CC[C@H](CN)O1. The Morgan fingerprint density at radius 3 is 2.85 bits per heavy atom. The number of hydrogen-bond acceptors (Lipinski definition) is 3. The van der Waals surface area contributed by atoms with Crippen molar-refractivity contribution in [1.29, 1.82) is 0 Å². The van der Waals surface area contributed by atoms with Gasteiger partial charge in [0.05, 0.1) is 16.1 Å². The minimum Gasteiger partial charge on any atom is -0.364 e. The molecule has 1 aromatic rings.